The minimum absolute atomic E-state index is 0.117. The van der Waals surface area contributed by atoms with Crippen molar-refractivity contribution in [1.29, 1.82) is 0 Å². The first-order valence-electron chi connectivity index (χ1n) is 8.97. The lowest BCUT2D eigenvalue weighted by Crippen LogP contribution is -2.26. The zero-order chi connectivity index (χ0) is 21.3. The number of carbonyl (C=O) groups excluding carboxylic acids is 1. The van der Waals surface area contributed by atoms with Gasteiger partial charge in [0, 0.05) is 17.3 Å². The third kappa shape index (κ3) is 3.48. The van der Waals surface area contributed by atoms with Crippen LogP contribution in [0.3, 0.4) is 0 Å². The summed E-state index contributed by atoms with van der Waals surface area (Å²) in [5.74, 6) is -1.52. The third-order valence-corrected chi connectivity index (χ3v) is 4.66. The SMILES string of the molecule is COc1cccc(NC(=O)c2cnn3c2NC(C(=O)O)=CC3c2ccccc2F)c1. The van der Waals surface area contributed by atoms with Crippen molar-refractivity contribution >= 4 is 23.4 Å². The summed E-state index contributed by atoms with van der Waals surface area (Å²) in [6.07, 6.45) is 2.66. The number of aliphatic carboxylic acids is 1. The van der Waals surface area contributed by atoms with Gasteiger partial charge in [0.1, 0.15) is 34.7 Å². The quantitative estimate of drug-likeness (QED) is 0.598. The van der Waals surface area contributed by atoms with Gasteiger partial charge in [0.05, 0.1) is 13.3 Å². The number of hydrogen-bond donors (Lipinski definition) is 3. The molecule has 1 atom stereocenters. The highest BCUT2D eigenvalue weighted by Gasteiger charge is 2.30. The van der Waals surface area contributed by atoms with Crippen molar-refractivity contribution in [3.05, 3.63) is 83.4 Å². The van der Waals surface area contributed by atoms with Crippen molar-refractivity contribution in [3.8, 4) is 5.75 Å². The first-order chi connectivity index (χ1) is 14.5. The Morgan fingerprint density at radius 2 is 2.03 bits per heavy atom. The van der Waals surface area contributed by atoms with E-state index in [-0.39, 0.29) is 22.6 Å². The van der Waals surface area contributed by atoms with Crippen LogP contribution >= 0.6 is 0 Å². The average molecular weight is 408 g/mol. The molecule has 1 aromatic heterocycles. The van der Waals surface area contributed by atoms with E-state index in [1.165, 1.54) is 30.1 Å². The number of nitrogens with one attached hydrogen (secondary N) is 2. The number of anilines is 2. The van der Waals surface area contributed by atoms with E-state index in [9.17, 15) is 19.1 Å². The largest absolute Gasteiger partial charge is 0.497 e. The van der Waals surface area contributed by atoms with Crippen LogP contribution in [-0.2, 0) is 4.79 Å². The summed E-state index contributed by atoms with van der Waals surface area (Å²) in [4.78, 5) is 24.5. The second kappa shape index (κ2) is 7.70. The minimum Gasteiger partial charge on any atom is -0.497 e. The summed E-state index contributed by atoms with van der Waals surface area (Å²) in [6, 6.07) is 12.0. The number of carbonyl (C=O) groups is 2. The summed E-state index contributed by atoms with van der Waals surface area (Å²) < 4.78 is 20.9. The number of carboxylic acids is 1. The van der Waals surface area contributed by atoms with E-state index >= 15 is 0 Å². The molecule has 3 aromatic rings. The molecule has 2 aromatic carbocycles. The van der Waals surface area contributed by atoms with Crippen molar-refractivity contribution in [1.82, 2.24) is 9.78 Å². The van der Waals surface area contributed by atoms with E-state index in [0.717, 1.165) is 0 Å². The maximum Gasteiger partial charge on any atom is 0.352 e. The number of fused-ring (bicyclic) bond motifs is 1. The number of carboxylic acid groups (broad SMARTS) is 1. The highest BCUT2D eigenvalue weighted by molar-refractivity contribution is 6.08. The fraction of sp³-hybridized carbons (Fsp3) is 0.0952. The Morgan fingerprint density at radius 1 is 1.23 bits per heavy atom. The lowest BCUT2D eigenvalue weighted by Gasteiger charge is -2.24. The molecule has 8 nitrogen and oxygen atoms in total. The Morgan fingerprint density at radius 3 is 2.77 bits per heavy atom. The predicted molar refractivity (Wildman–Crippen MR) is 107 cm³/mol. The number of nitrogens with zero attached hydrogens (tertiary/aromatic N) is 2. The van der Waals surface area contributed by atoms with Crippen molar-refractivity contribution < 1.29 is 23.8 Å². The molecule has 1 aliphatic rings. The van der Waals surface area contributed by atoms with Gasteiger partial charge >= 0.3 is 5.97 Å². The number of amides is 1. The fourth-order valence-electron chi connectivity index (χ4n) is 3.22. The smallest absolute Gasteiger partial charge is 0.352 e. The highest BCUT2D eigenvalue weighted by atomic mass is 19.1. The zero-order valence-electron chi connectivity index (χ0n) is 15.8. The first kappa shape index (κ1) is 19.2. The van der Waals surface area contributed by atoms with Gasteiger partial charge in [0.25, 0.3) is 5.91 Å². The number of halogens is 1. The normalized spacial score (nSPS) is 14.9. The van der Waals surface area contributed by atoms with E-state index in [1.54, 1.807) is 42.5 Å². The molecular weight excluding hydrogens is 391 g/mol. The van der Waals surface area contributed by atoms with Crippen LogP contribution in [-0.4, -0.2) is 33.9 Å². The van der Waals surface area contributed by atoms with Crippen molar-refractivity contribution in [2.75, 3.05) is 17.7 Å². The highest BCUT2D eigenvalue weighted by Crippen LogP contribution is 2.33. The van der Waals surface area contributed by atoms with Crippen LogP contribution in [0.5, 0.6) is 5.75 Å². The molecule has 4 rings (SSSR count). The molecule has 1 unspecified atom stereocenters. The molecule has 0 bridgehead atoms. The van der Waals surface area contributed by atoms with Crippen molar-refractivity contribution in [2.45, 2.75) is 6.04 Å². The van der Waals surface area contributed by atoms with Gasteiger partial charge < -0.3 is 20.5 Å². The van der Waals surface area contributed by atoms with Gasteiger partial charge in [-0.3, -0.25) is 4.79 Å². The van der Waals surface area contributed by atoms with Crippen LogP contribution in [0.2, 0.25) is 0 Å². The molecule has 0 radical (unpaired) electrons. The summed E-state index contributed by atoms with van der Waals surface area (Å²) in [6.45, 7) is 0. The van der Waals surface area contributed by atoms with Gasteiger partial charge in [0.15, 0.2) is 0 Å². The van der Waals surface area contributed by atoms with Crippen LogP contribution in [0.4, 0.5) is 15.9 Å². The summed E-state index contributed by atoms with van der Waals surface area (Å²) >= 11 is 0. The van der Waals surface area contributed by atoms with E-state index < -0.39 is 23.7 Å². The zero-order valence-corrected chi connectivity index (χ0v) is 15.8. The summed E-state index contributed by atoms with van der Waals surface area (Å²) in [7, 11) is 1.52. The predicted octanol–water partition coefficient (Wildman–Crippen LogP) is 3.27. The number of benzene rings is 2. The monoisotopic (exact) mass is 408 g/mol. The summed E-state index contributed by atoms with van der Waals surface area (Å²) in [5, 5.41) is 19.1. The Bertz CT molecular complexity index is 1170. The Labute approximate surface area is 170 Å². The Balaban J connectivity index is 1.72. The van der Waals surface area contributed by atoms with Gasteiger partial charge in [-0.15, -0.1) is 0 Å². The molecule has 1 amide bonds. The fourth-order valence-corrected chi connectivity index (χ4v) is 3.22. The van der Waals surface area contributed by atoms with Crippen LogP contribution in [0.1, 0.15) is 22.0 Å². The number of allylic oxidation sites excluding steroid dienone is 1. The number of rotatable bonds is 5. The molecule has 0 fully saturated rings. The second-order valence-electron chi connectivity index (χ2n) is 6.51. The molecular formula is C21H17FN4O4. The van der Waals surface area contributed by atoms with E-state index in [1.807, 2.05) is 0 Å². The van der Waals surface area contributed by atoms with Crippen molar-refractivity contribution in [3.63, 3.8) is 0 Å². The van der Waals surface area contributed by atoms with Crippen LogP contribution in [0.25, 0.3) is 0 Å². The third-order valence-electron chi connectivity index (χ3n) is 4.66. The van der Waals surface area contributed by atoms with Crippen LogP contribution in [0, 0.1) is 5.82 Å². The minimum atomic E-state index is -1.23. The van der Waals surface area contributed by atoms with Gasteiger partial charge in [0.2, 0.25) is 0 Å². The lowest BCUT2D eigenvalue weighted by atomic mass is 10.0. The molecule has 1 aliphatic heterocycles. The molecule has 0 spiro atoms. The van der Waals surface area contributed by atoms with Crippen molar-refractivity contribution in [2.24, 2.45) is 0 Å². The molecule has 0 aliphatic carbocycles. The van der Waals surface area contributed by atoms with E-state index in [0.29, 0.717) is 11.4 Å². The van der Waals surface area contributed by atoms with Crippen LogP contribution in [0.15, 0.2) is 66.5 Å². The maximum atomic E-state index is 14.4. The lowest BCUT2D eigenvalue weighted by molar-refractivity contribution is -0.132. The summed E-state index contributed by atoms with van der Waals surface area (Å²) in [5.41, 5.74) is 0.675. The number of hydrogen-bond acceptors (Lipinski definition) is 5. The number of methoxy groups -OCH3 is 1. The van der Waals surface area contributed by atoms with Gasteiger partial charge in [-0.1, -0.05) is 24.3 Å². The number of aromatic nitrogens is 2. The molecule has 30 heavy (non-hydrogen) atoms. The average Bonchev–Trinajstić information content (AvgIpc) is 3.18. The topological polar surface area (TPSA) is 105 Å². The maximum absolute atomic E-state index is 14.4. The van der Waals surface area contributed by atoms with Gasteiger partial charge in [-0.2, -0.15) is 5.10 Å². The number of ether oxygens (including phenoxy) is 1. The molecule has 9 heteroatoms. The van der Waals surface area contributed by atoms with Gasteiger partial charge in [-0.25, -0.2) is 13.9 Å². The first-order valence-corrected chi connectivity index (χ1v) is 8.97. The van der Waals surface area contributed by atoms with E-state index in [2.05, 4.69) is 15.7 Å². The second-order valence-corrected chi connectivity index (χ2v) is 6.51. The molecule has 3 N–H and O–H groups in total. The van der Waals surface area contributed by atoms with Crippen LogP contribution < -0.4 is 15.4 Å². The van der Waals surface area contributed by atoms with E-state index in [4.69, 9.17) is 4.74 Å². The molecule has 152 valence electrons. The van der Waals surface area contributed by atoms with Gasteiger partial charge in [-0.05, 0) is 24.3 Å². The molecule has 0 saturated carbocycles. The Kier molecular flexibility index (Phi) is 4.93. The molecule has 0 saturated heterocycles. The Hall–Kier alpha value is -4.14. The standard InChI is InChI=1S/C21H17FN4O4/c1-30-13-6-4-5-12(9-13)24-20(27)15-11-23-26-18(14-7-2-3-8-16(14)22)10-17(21(28)29)25-19(15)26/h2-11,18,25H,1H3,(H,24,27)(H,28,29). The molecule has 2 heterocycles.